The van der Waals surface area contributed by atoms with E-state index in [0.29, 0.717) is 19.7 Å². The maximum absolute atomic E-state index is 12.9. The van der Waals surface area contributed by atoms with E-state index in [1.54, 1.807) is 6.20 Å². The molecule has 1 aromatic heterocycles. The first-order valence-corrected chi connectivity index (χ1v) is 8.63. The lowest BCUT2D eigenvalue weighted by molar-refractivity contribution is -0.142. The Balaban J connectivity index is 1.76. The van der Waals surface area contributed by atoms with Gasteiger partial charge in [0, 0.05) is 32.1 Å². The van der Waals surface area contributed by atoms with Gasteiger partial charge >= 0.3 is 0 Å². The average Bonchev–Trinajstić information content (AvgIpc) is 3.17. The monoisotopic (exact) mass is 324 g/mol. The SMILES string of the molecule is CCc1ccc(CN(Cc2cccnc2)C(=O)[C@H]2CCCO2)cc1. The normalized spacial score (nSPS) is 17.0. The molecule has 1 atom stereocenters. The molecule has 0 bridgehead atoms. The van der Waals surface area contributed by atoms with Crippen LogP contribution in [-0.4, -0.2) is 28.5 Å². The average molecular weight is 324 g/mol. The Morgan fingerprint density at radius 1 is 1.17 bits per heavy atom. The van der Waals surface area contributed by atoms with Crippen molar-refractivity contribution in [1.82, 2.24) is 9.88 Å². The van der Waals surface area contributed by atoms with Gasteiger partial charge in [0.05, 0.1) is 0 Å². The Hall–Kier alpha value is -2.20. The second-order valence-electron chi connectivity index (χ2n) is 6.23. The molecule has 1 amide bonds. The molecule has 4 heteroatoms. The molecule has 1 fully saturated rings. The number of amides is 1. The summed E-state index contributed by atoms with van der Waals surface area (Å²) in [7, 11) is 0. The first-order valence-electron chi connectivity index (χ1n) is 8.63. The van der Waals surface area contributed by atoms with Gasteiger partial charge in [0.15, 0.2) is 0 Å². The fourth-order valence-electron chi connectivity index (χ4n) is 3.00. The first kappa shape index (κ1) is 16.7. The predicted molar refractivity (Wildman–Crippen MR) is 93.3 cm³/mol. The molecule has 0 saturated carbocycles. The number of benzene rings is 1. The van der Waals surface area contributed by atoms with E-state index in [4.69, 9.17) is 4.74 Å². The summed E-state index contributed by atoms with van der Waals surface area (Å²) in [6.45, 7) is 3.98. The summed E-state index contributed by atoms with van der Waals surface area (Å²) in [5.41, 5.74) is 3.49. The topological polar surface area (TPSA) is 42.4 Å². The number of rotatable bonds is 6. The van der Waals surface area contributed by atoms with Crippen LogP contribution in [0.2, 0.25) is 0 Å². The molecule has 2 heterocycles. The second kappa shape index (κ2) is 8.06. The molecule has 1 aliphatic heterocycles. The summed E-state index contributed by atoms with van der Waals surface area (Å²) in [6.07, 6.45) is 6.07. The van der Waals surface area contributed by atoms with Crippen LogP contribution in [-0.2, 0) is 29.0 Å². The minimum Gasteiger partial charge on any atom is -0.368 e. The number of pyridine rings is 1. The lowest BCUT2D eigenvalue weighted by Gasteiger charge is -2.25. The van der Waals surface area contributed by atoms with Gasteiger partial charge < -0.3 is 9.64 Å². The van der Waals surface area contributed by atoms with Gasteiger partial charge in [-0.05, 0) is 42.0 Å². The van der Waals surface area contributed by atoms with E-state index in [0.717, 1.165) is 30.4 Å². The Morgan fingerprint density at radius 2 is 1.92 bits per heavy atom. The van der Waals surface area contributed by atoms with E-state index < -0.39 is 0 Å². The van der Waals surface area contributed by atoms with Gasteiger partial charge in [0.25, 0.3) is 5.91 Å². The smallest absolute Gasteiger partial charge is 0.252 e. The molecule has 0 aliphatic carbocycles. The third-order valence-electron chi connectivity index (χ3n) is 4.42. The van der Waals surface area contributed by atoms with Crippen LogP contribution in [0.1, 0.15) is 36.5 Å². The van der Waals surface area contributed by atoms with Crippen molar-refractivity contribution in [3.63, 3.8) is 0 Å². The van der Waals surface area contributed by atoms with Crippen LogP contribution in [0.4, 0.5) is 0 Å². The maximum Gasteiger partial charge on any atom is 0.252 e. The van der Waals surface area contributed by atoms with E-state index in [1.807, 2.05) is 23.2 Å². The lowest BCUT2D eigenvalue weighted by atomic mass is 10.1. The number of ether oxygens (including phenoxy) is 1. The standard InChI is InChI=1S/C20H24N2O2/c1-2-16-7-9-17(10-8-16)14-22(15-18-5-3-11-21-13-18)20(23)19-6-4-12-24-19/h3,5,7-11,13,19H,2,4,6,12,14-15H2,1H3/t19-/m1/s1. The van der Waals surface area contributed by atoms with Crippen molar-refractivity contribution >= 4 is 5.91 Å². The number of aromatic nitrogens is 1. The molecule has 4 nitrogen and oxygen atoms in total. The highest BCUT2D eigenvalue weighted by atomic mass is 16.5. The minimum atomic E-state index is -0.295. The zero-order chi connectivity index (χ0) is 16.8. The molecule has 0 spiro atoms. The van der Waals surface area contributed by atoms with Gasteiger partial charge in [0.1, 0.15) is 6.10 Å². The number of hydrogen-bond acceptors (Lipinski definition) is 3. The Bertz CT molecular complexity index is 649. The van der Waals surface area contributed by atoms with Crippen molar-refractivity contribution in [3.05, 3.63) is 65.5 Å². The molecule has 1 saturated heterocycles. The highest BCUT2D eigenvalue weighted by molar-refractivity contribution is 5.81. The van der Waals surface area contributed by atoms with Crippen LogP contribution in [0.3, 0.4) is 0 Å². The summed E-state index contributed by atoms with van der Waals surface area (Å²) in [5, 5.41) is 0. The van der Waals surface area contributed by atoms with Crippen LogP contribution in [0, 0.1) is 0 Å². The summed E-state index contributed by atoms with van der Waals surface area (Å²) in [4.78, 5) is 18.9. The molecule has 3 rings (SSSR count). The zero-order valence-corrected chi connectivity index (χ0v) is 14.1. The summed E-state index contributed by atoms with van der Waals surface area (Å²) < 4.78 is 5.60. The largest absolute Gasteiger partial charge is 0.368 e. The van der Waals surface area contributed by atoms with Gasteiger partial charge in [-0.1, -0.05) is 37.3 Å². The quantitative estimate of drug-likeness (QED) is 0.818. The van der Waals surface area contributed by atoms with Gasteiger partial charge in [-0.2, -0.15) is 0 Å². The molecule has 1 aromatic carbocycles. The highest BCUT2D eigenvalue weighted by Crippen LogP contribution is 2.18. The Labute approximate surface area is 143 Å². The molecule has 0 N–H and O–H groups in total. The third-order valence-corrected chi connectivity index (χ3v) is 4.42. The summed E-state index contributed by atoms with van der Waals surface area (Å²) >= 11 is 0. The number of aryl methyl sites for hydroxylation is 1. The summed E-state index contributed by atoms with van der Waals surface area (Å²) in [5.74, 6) is 0.0796. The van der Waals surface area contributed by atoms with Crippen molar-refractivity contribution in [2.24, 2.45) is 0 Å². The van der Waals surface area contributed by atoms with Crippen molar-refractivity contribution in [3.8, 4) is 0 Å². The molecule has 1 aliphatic rings. The molecule has 2 aromatic rings. The predicted octanol–water partition coefficient (Wildman–Crippen LogP) is 3.35. The number of nitrogens with zero attached hydrogens (tertiary/aromatic N) is 2. The minimum absolute atomic E-state index is 0.0796. The Morgan fingerprint density at radius 3 is 2.54 bits per heavy atom. The fourth-order valence-corrected chi connectivity index (χ4v) is 3.00. The second-order valence-corrected chi connectivity index (χ2v) is 6.23. The molecule has 126 valence electrons. The van der Waals surface area contributed by atoms with Crippen LogP contribution in [0.25, 0.3) is 0 Å². The van der Waals surface area contributed by atoms with E-state index in [9.17, 15) is 4.79 Å². The van der Waals surface area contributed by atoms with Crippen LogP contribution < -0.4 is 0 Å². The molecule has 0 radical (unpaired) electrons. The van der Waals surface area contributed by atoms with Crippen LogP contribution in [0.15, 0.2) is 48.8 Å². The van der Waals surface area contributed by atoms with Gasteiger partial charge in [-0.15, -0.1) is 0 Å². The van der Waals surface area contributed by atoms with Crippen LogP contribution >= 0.6 is 0 Å². The zero-order valence-electron chi connectivity index (χ0n) is 14.1. The first-order chi connectivity index (χ1) is 11.8. The van der Waals surface area contributed by atoms with E-state index in [1.165, 1.54) is 5.56 Å². The van der Waals surface area contributed by atoms with Crippen molar-refractivity contribution in [2.45, 2.75) is 45.4 Å². The lowest BCUT2D eigenvalue weighted by Crippen LogP contribution is -2.38. The van der Waals surface area contributed by atoms with E-state index in [-0.39, 0.29) is 12.0 Å². The highest BCUT2D eigenvalue weighted by Gasteiger charge is 2.28. The number of carbonyl (C=O) groups is 1. The van der Waals surface area contributed by atoms with Crippen LogP contribution in [0.5, 0.6) is 0 Å². The summed E-state index contributed by atoms with van der Waals surface area (Å²) in [6, 6.07) is 12.4. The van der Waals surface area contributed by atoms with Gasteiger partial charge in [-0.3, -0.25) is 9.78 Å². The van der Waals surface area contributed by atoms with E-state index in [2.05, 4.69) is 36.2 Å². The van der Waals surface area contributed by atoms with Gasteiger partial charge in [0.2, 0.25) is 0 Å². The molecule has 24 heavy (non-hydrogen) atoms. The van der Waals surface area contributed by atoms with E-state index >= 15 is 0 Å². The third kappa shape index (κ3) is 4.20. The van der Waals surface area contributed by atoms with Gasteiger partial charge in [-0.25, -0.2) is 0 Å². The fraction of sp³-hybridized carbons (Fsp3) is 0.400. The van der Waals surface area contributed by atoms with Crippen molar-refractivity contribution in [2.75, 3.05) is 6.61 Å². The Kier molecular flexibility index (Phi) is 5.59. The van der Waals surface area contributed by atoms with Crippen molar-refractivity contribution < 1.29 is 9.53 Å². The number of carbonyl (C=O) groups excluding carboxylic acids is 1. The van der Waals surface area contributed by atoms with Crippen molar-refractivity contribution in [1.29, 1.82) is 0 Å². The molecular weight excluding hydrogens is 300 g/mol. The maximum atomic E-state index is 12.9. The molecule has 0 unspecified atom stereocenters. The number of hydrogen-bond donors (Lipinski definition) is 0. The molecular formula is C20H24N2O2.